The highest BCUT2D eigenvalue weighted by atomic mass is 16.2. The molecule has 0 aromatic heterocycles. The molecule has 1 saturated heterocycles. The van der Waals surface area contributed by atoms with Crippen LogP contribution in [0.5, 0.6) is 0 Å². The third kappa shape index (κ3) is 4.27. The monoisotopic (exact) mass is 290 g/mol. The predicted octanol–water partition coefficient (Wildman–Crippen LogP) is 0.102. The van der Waals surface area contributed by atoms with Gasteiger partial charge in [-0.25, -0.2) is 5.84 Å². The second kappa shape index (κ2) is 7.19. The van der Waals surface area contributed by atoms with Crippen molar-refractivity contribution >= 4 is 11.8 Å². The molecule has 114 valence electrons. The number of hydrogen-bond donors (Lipinski definition) is 3. The highest BCUT2D eigenvalue weighted by Crippen LogP contribution is 2.17. The van der Waals surface area contributed by atoms with E-state index in [1.807, 2.05) is 31.2 Å². The second-order valence-electron chi connectivity index (χ2n) is 5.35. The van der Waals surface area contributed by atoms with E-state index in [4.69, 9.17) is 5.84 Å². The fraction of sp³-hybridized carbons (Fsp3) is 0.467. The first kappa shape index (κ1) is 15.5. The number of nitrogens with two attached hydrogens (primary N) is 1. The van der Waals surface area contributed by atoms with Gasteiger partial charge in [0.05, 0.1) is 5.92 Å². The minimum Gasteiger partial charge on any atom is -0.355 e. The molecule has 1 aliphatic heterocycles. The van der Waals surface area contributed by atoms with E-state index in [-0.39, 0.29) is 17.7 Å². The van der Waals surface area contributed by atoms with Gasteiger partial charge in [-0.1, -0.05) is 24.3 Å². The van der Waals surface area contributed by atoms with E-state index in [0.717, 1.165) is 25.2 Å². The molecule has 1 aromatic rings. The van der Waals surface area contributed by atoms with Crippen molar-refractivity contribution in [2.75, 3.05) is 19.6 Å². The molecule has 1 heterocycles. The Morgan fingerprint density at radius 2 is 2.10 bits per heavy atom. The first-order valence-electron chi connectivity index (χ1n) is 7.18. The summed E-state index contributed by atoms with van der Waals surface area (Å²) in [5.74, 6) is 4.82. The van der Waals surface area contributed by atoms with Crippen molar-refractivity contribution in [2.24, 2.45) is 5.84 Å². The van der Waals surface area contributed by atoms with Gasteiger partial charge in [0, 0.05) is 32.6 Å². The van der Waals surface area contributed by atoms with Crippen LogP contribution in [-0.2, 0) is 16.1 Å². The number of carbonyl (C=O) groups is 2. The van der Waals surface area contributed by atoms with Crippen LogP contribution in [-0.4, -0.2) is 36.3 Å². The van der Waals surface area contributed by atoms with Crippen LogP contribution in [0.4, 0.5) is 0 Å². The van der Waals surface area contributed by atoms with Crippen molar-refractivity contribution in [1.29, 1.82) is 0 Å². The standard InChI is InChI=1S/C15H22N4O2/c1-11(15(21)18-16)13-4-2-12(3-5-13)10-19-8-6-14(20)17-7-9-19/h2-5,11H,6-10,16H2,1H3,(H,17,20)(H,18,21). The van der Waals surface area contributed by atoms with Crippen molar-refractivity contribution in [3.63, 3.8) is 0 Å². The molecule has 0 radical (unpaired) electrons. The van der Waals surface area contributed by atoms with E-state index in [1.165, 1.54) is 5.56 Å². The van der Waals surface area contributed by atoms with Crippen molar-refractivity contribution < 1.29 is 9.59 Å². The van der Waals surface area contributed by atoms with Crippen molar-refractivity contribution in [1.82, 2.24) is 15.6 Å². The van der Waals surface area contributed by atoms with Crippen molar-refractivity contribution in [2.45, 2.75) is 25.8 Å². The summed E-state index contributed by atoms with van der Waals surface area (Å²) in [6, 6.07) is 7.96. The first-order chi connectivity index (χ1) is 10.1. The maximum Gasteiger partial charge on any atom is 0.241 e. The van der Waals surface area contributed by atoms with Gasteiger partial charge in [0.25, 0.3) is 0 Å². The fourth-order valence-electron chi connectivity index (χ4n) is 2.42. The summed E-state index contributed by atoms with van der Waals surface area (Å²) in [7, 11) is 0. The summed E-state index contributed by atoms with van der Waals surface area (Å²) in [6.07, 6.45) is 0.547. The number of carbonyl (C=O) groups excluding carboxylic acids is 2. The Morgan fingerprint density at radius 1 is 1.38 bits per heavy atom. The van der Waals surface area contributed by atoms with Gasteiger partial charge in [-0.3, -0.25) is 19.9 Å². The molecule has 1 aliphatic rings. The Kier molecular flexibility index (Phi) is 5.30. The normalized spacial score (nSPS) is 17.7. The molecule has 2 rings (SSSR count). The molecule has 0 aliphatic carbocycles. The molecular weight excluding hydrogens is 268 g/mol. The second-order valence-corrected chi connectivity index (χ2v) is 5.35. The minimum atomic E-state index is -0.260. The lowest BCUT2D eigenvalue weighted by Crippen LogP contribution is -2.33. The van der Waals surface area contributed by atoms with Crippen LogP contribution in [0, 0.1) is 0 Å². The molecule has 1 unspecified atom stereocenters. The van der Waals surface area contributed by atoms with E-state index in [0.29, 0.717) is 13.0 Å². The van der Waals surface area contributed by atoms with Gasteiger partial charge >= 0.3 is 0 Å². The maximum atomic E-state index is 11.5. The molecule has 0 bridgehead atoms. The van der Waals surface area contributed by atoms with E-state index >= 15 is 0 Å². The number of benzene rings is 1. The van der Waals surface area contributed by atoms with Gasteiger partial charge in [-0.05, 0) is 18.1 Å². The van der Waals surface area contributed by atoms with Gasteiger partial charge < -0.3 is 5.32 Å². The number of nitrogens with one attached hydrogen (secondary N) is 2. The van der Waals surface area contributed by atoms with Gasteiger partial charge in [-0.2, -0.15) is 0 Å². The van der Waals surface area contributed by atoms with Crippen molar-refractivity contribution in [3.05, 3.63) is 35.4 Å². The molecule has 0 spiro atoms. The fourth-order valence-corrected chi connectivity index (χ4v) is 2.42. The molecule has 6 nitrogen and oxygen atoms in total. The summed E-state index contributed by atoms with van der Waals surface area (Å²) in [6.45, 7) is 4.97. The zero-order valence-corrected chi connectivity index (χ0v) is 12.3. The van der Waals surface area contributed by atoms with Crippen LogP contribution >= 0.6 is 0 Å². The molecule has 1 fully saturated rings. The number of hydrazine groups is 1. The molecule has 6 heteroatoms. The SMILES string of the molecule is CC(C(=O)NN)c1ccc(CN2CCNC(=O)CC2)cc1. The number of nitrogens with zero attached hydrogens (tertiary/aromatic N) is 1. The van der Waals surface area contributed by atoms with Gasteiger partial charge in [-0.15, -0.1) is 0 Å². The number of rotatable bonds is 4. The van der Waals surface area contributed by atoms with Crippen LogP contribution < -0.4 is 16.6 Å². The quantitative estimate of drug-likeness (QED) is 0.417. The van der Waals surface area contributed by atoms with Crippen LogP contribution in [0.1, 0.15) is 30.4 Å². The summed E-state index contributed by atoms with van der Waals surface area (Å²) < 4.78 is 0. The van der Waals surface area contributed by atoms with Crippen LogP contribution in [0.15, 0.2) is 24.3 Å². The predicted molar refractivity (Wildman–Crippen MR) is 80.1 cm³/mol. The molecule has 4 N–H and O–H groups in total. The van der Waals surface area contributed by atoms with E-state index in [9.17, 15) is 9.59 Å². The van der Waals surface area contributed by atoms with E-state index in [1.54, 1.807) is 0 Å². The summed E-state index contributed by atoms with van der Waals surface area (Å²) in [5.41, 5.74) is 4.28. The summed E-state index contributed by atoms with van der Waals surface area (Å²) in [5, 5.41) is 2.87. The lowest BCUT2D eigenvalue weighted by molar-refractivity contribution is -0.122. The number of amides is 2. The Labute approximate surface area is 124 Å². The first-order valence-corrected chi connectivity index (χ1v) is 7.18. The summed E-state index contributed by atoms with van der Waals surface area (Å²) >= 11 is 0. The summed E-state index contributed by atoms with van der Waals surface area (Å²) in [4.78, 5) is 25.1. The third-order valence-corrected chi connectivity index (χ3v) is 3.83. The topological polar surface area (TPSA) is 87.5 Å². The molecule has 0 saturated carbocycles. The zero-order valence-electron chi connectivity index (χ0n) is 12.3. The third-order valence-electron chi connectivity index (χ3n) is 3.83. The van der Waals surface area contributed by atoms with E-state index in [2.05, 4.69) is 15.6 Å². The Hall–Kier alpha value is -1.92. The smallest absolute Gasteiger partial charge is 0.241 e. The van der Waals surface area contributed by atoms with Crippen LogP contribution in [0.25, 0.3) is 0 Å². The average molecular weight is 290 g/mol. The molecule has 2 amide bonds. The van der Waals surface area contributed by atoms with E-state index < -0.39 is 0 Å². The molecule has 21 heavy (non-hydrogen) atoms. The molecule has 1 aromatic carbocycles. The zero-order chi connectivity index (χ0) is 15.2. The van der Waals surface area contributed by atoms with Gasteiger partial charge in [0.2, 0.25) is 11.8 Å². The molecule has 1 atom stereocenters. The average Bonchev–Trinajstić information content (AvgIpc) is 2.71. The Morgan fingerprint density at radius 3 is 2.76 bits per heavy atom. The highest BCUT2D eigenvalue weighted by Gasteiger charge is 2.15. The van der Waals surface area contributed by atoms with Gasteiger partial charge in [0.1, 0.15) is 0 Å². The Bertz CT molecular complexity index is 501. The Balaban J connectivity index is 1.96. The lowest BCUT2D eigenvalue weighted by atomic mass is 9.99. The lowest BCUT2D eigenvalue weighted by Gasteiger charge is -2.19. The maximum absolute atomic E-state index is 11.5. The molecular formula is C15H22N4O2. The number of hydrogen-bond acceptors (Lipinski definition) is 4. The largest absolute Gasteiger partial charge is 0.355 e. The van der Waals surface area contributed by atoms with Gasteiger partial charge in [0.15, 0.2) is 0 Å². The van der Waals surface area contributed by atoms with Crippen molar-refractivity contribution in [3.8, 4) is 0 Å². The van der Waals surface area contributed by atoms with Crippen LogP contribution in [0.3, 0.4) is 0 Å². The highest BCUT2D eigenvalue weighted by molar-refractivity contribution is 5.82. The minimum absolute atomic E-state index is 0.120. The van der Waals surface area contributed by atoms with Crippen LogP contribution in [0.2, 0.25) is 0 Å².